The largest absolute Gasteiger partial charge is 0.497 e. The molecule has 4 aromatic rings. The number of para-hydroxylation sites is 1. The molecule has 0 amide bonds. The molecular formula is C23H21N3OS2. The number of thiocarbonyl (C=S) groups is 1. The predicted molar refractivity (Wildman–Crippen MR) is 125 cm³/mol. The molecule has 2 N–H and O–H groups in total. The minimum absolute atomic E-state index is 0.597. The number of ether oxygens (including phenoxy) is 1. The lowest BCUT2D eigenvalue weighted by molar-refractivity contribution is 0.414. The van der Waals surface area contributed by atoms with Gasteiger partial charge in [-0.15, -0.1) is 11.3 Å². The van der Waals surface area contributed by atoms with Crippen LogP contribution in [0.5, 0.6) is 5.75 Å². The Balaban J connectivity index is 1.30. The van der Waals surface area contributed by atoms with Crippen LogP contribution in [-0.2, 0) is 13.0 Å². The molecule has 0 unspecified atom stereocenters. The summed E-state index contributed by atoms with van der Waals surface area (Å²) < 4.78 is 6.40. The third kappa shape index (κ3) is 5.10. The first-order chi connectivity index (χ1) is 14.2. The van der Waals surface area contributed by atoms with E-state index in [0.29, 0.717) is 11.7 Å². The number of thiazole rings is 1. The van der Waals surface area contributed by atoms with Crippen molar-refractivity contribution < 1.29 is 4.74 Å². The summed E-state index contributed by atoms with van der Waals surface area (Å²) >= 11 is 7.15. The molecule has 0 saturated heterocycles. The number of nitrogens with one attached hydrogen (secondary N) is 2. The van der Waals surface area contributed by atoms with E-state index in [1.807, 2.05) is 42.5 Å². The molecule has 0 spiro atoms. The van der Waals surface area contributed by atoms with Crippen LogP contribution in [0.2, 0.25) is 0 Å². The standard InChI is InChI=1S/C23H21N3OS2/c1-27-19-12-8-17(9-13-19)15-24-23(28)25-18-10-6-16(7-11-18)14-22-26-20-4-2-3-5-21(20)29-22/h2-13H,14-15H2,1H3,(H2,24,25,28). The monoisotopic (exact) mass is 419 g/mol. The van der Waals surface area contributed by atoms with Gasteiger partial charge in [-0.05, 0) is 59.7 Å². The maximum Gasteiger partial charge on any atom is 0.171 e. The molecule has 0 bridgehead atoms. The lowest BCUT2D eigenvalue weighted by Gasteiger charge is -2.11. The van der Waals surface area contributed by atoms with E-state index in [1.165, 1.54) is 10.3 Å². The molecule has 0 saturated carbocycles. The lowest BCUT2D eigenvalue weighted by atomic mass is 10.1. The topological polar surface area (TPSA) is 46.2 Å². The highest BCUT2D eigenvalue weighted by Crippen LogP contribution is 2.24. The van der Waals surface area contributed by atoms with Gasteiger partial charge in [-0.3, -0.25) is 0 Å². The number of anilines is 1. The highest BCUT2D eigenvalue weighted by molar-refractivity contribution is 7.80. The van der Waals surface area contributed by atoms with Crippen molar-refractivity contribution in [1.29, 1.82) is 0 Å². The van der Waals surface area contributed by atoms with Gasteiger partial charge >= 0.3 is 0 Å². The van der Waals surface area contributed by atoms with E-state index >= 15 is 0 Å². The lowest BCUT2D eigenvalue weighted by Crippen LogP contribution is -2.27. The van der Waals surface area contributed by atoms with Gasteiger partial charge in [0.1, 0.15) is 5.75 Å². The van der Waals surface area contributed by atoms with Gasteiger partial charge in [0, 0.05) is 18.7 Å². The summed E-state index contributed by atoms with van der Waals surface area (Å²) in [5.74, 6) is 0.848. The average Bonchev–Trinajstić information content (AvgIpc) is 3.16. The van der Waals surface area contributed by atoms with E-state index in [1.54, 1.807) is 18.4 Å². The average molecular weight is 420 g/mol. The van der Waals surface area contributed by atoms with Crippen molar-refractivity contribution >= 4 is 44.6 Å². The van der Waals surface area contributed by atoms with Crippen LogP contribution in [0, 0.1) is 0 Å². The Bertz CT molecular complexity index is 1070. The van der Waals surface area contributed by atoms with Gasteiger partial charge in [0.05, 0.1) is 22.3 Å². The third-order valence-corrected chi connectivity index (χ3v) is 5.80. The summed E-state index contributed by atoms with van der Waals surface area (Å²) in [6.45, 7) is 0.658. The number of benzene rings is 3. The third-order valence-electron chi connectivity index (χ3n) is 4.52. The van der Waals surface area contributed by atoms with E-state index in [-0.39, 0.29) is 0 Å². The Morgan fingerprint density at radius 2 is 1.69 bits per heavy atom. The van der Waals surface area contributed by atoms with E-state index in [0.717, 1.165) is 33.9 Å². The van der Waals surface area contributed by atoms with Crippen LogP contribution >= 0.6 is 23.6 Å². The smallest absolute Gasteiger partial charge is 0.171 e. The van der Waals surface area contributed by atoms with Crippen LogP contribution in [0.3, 0.4) is 0 Å². The summed E-state index contributed by atoms with van der Waals surface area (Å²) in [5.41, 5.74) is 4.40. The summed E-state index contributed by atoms with van der Waals surface area (Å²) in [6, 6.07) is 24.5. The van der Waals surface area contributed by atoms with Gasteiger partial charge in [-0.2, -0.15) is 0 Å². The fourth-order valence-electron chi connectivity index (χ4n) is 2.98. The molecule has 0 aliphatic rings. The number of aromatic nitrogens is 1. The van der Waals surface area contributed by atoms with Gasteiger partial charge in [-0.25, -0.2) is 4.98 Å². The molecule has 3 aromatic carbocycles. The van der Waals surface area contributed by atoms with Gasteiger partial charge in [0.2, 0.25) is 0 Å². The van der Waals surface area contributed by atoms with Crippen LogP contribution in [0.25, 0.3) is 10.2 Å². The summed E-state index contributed by atoms with van der Waals surface area (Å²) in [6.07, 6.45) is 0.833. The Kier molecular flexibility index (Phi) is 6.03. The zero-order valence-corrected chi connectivity index (χ0v) is 17.6. The van der Waals surface area contributed by atoms with Gasteiger partial charge < -0.3 is 15.4 Å². The van der Waals surface area contributed by atoms with E-state index in [2.05, 4.69) is 41.0 Å². The first kappa shape index (κ1) is 19.4. The molecule has 1 aromatic heterocycles. The zero-order chi connectivity index (χ0) is 20.1. The molecule has 4 nitrogen and oxygen atoms in total. The second-order valence-electron chi connectivity index (χ2n) is 6.60. The predicted octanol–water partition coefficient (Wildman–Crippen LogP) is 5.38. The number of fused-ring (bicyclic) bond motifs is 1. The Hall–Kier alpha value is -2.96. The van der Waals surface area contributed by atoms with E-state index in [9.17, 15) is 0 Å². The van der Waals surface area contributed by atoms with Gasteiger partial charge in [-0.1, -0.05) is 36.4 Å². The fourth-order valence-corrected chi connectivity index (χ4v) is 4.17. The van der Waals surface area contributed by atoms with Gasteiger partial charge in [0.15, 0.2) is 5.11 Å². The van der Waals surface area contributed by atoms with Crippen molar-refractivity contribution in [2.75, 3.05) is 12.4 Å². The van der Waals surface area contributed by atoms with Crippen molar-refractivity contribution in [3.05, 3.63) is 88.9 Å². The number of hydrogen-bond acceptors (Lipinski definition) is 4. The van der Waals surface area contributed by atoms with Crippen LogP contribution < -0.4 is 15.4 Å². The Morgan fingerprint density at radius 3 is 2.41 bits per heavy atom. The molecule has 4 rings (SSSR count). The van der Waals surface area contributed by atoms with Gasteiger partial charge in [0.25, 0.3) is 0 Å². The zero-order valence-electron chi connectivity index (χ0n) is 16.0. The number of nitrogens with zero attached hydrogens (tertiary/aromatic N) is 1. The van der Waals surface area contributed by atoms with Crippen molar-refractivity contribution in [3.63, 3.8) is 0 Å². The molecule has 146 valence electrons. The number of methoxy groups -OCH3 is 1. The molecule has 0 radical (unpaired) electrons. The maximum absolute atomic E-state index is 5.40. The number of hydrogen-bond donors (Lipinski definition) is 2. The van der Waals surface area contributed by atoms with Crippen molar-refractivity contribution in [1.82, 2.24) is 10.3 Å². The van der Waals surface area contributed by atoms with Crippen molar-refractivity contribution in [3.8, 4) is 5.75 Å². The Morgan fingerprint density at radius 1 is 0.966 bits per heavy atom. The summed E-state index contributed by atoms with van der Waals surface area (Å²) in [7, 11) is 1.66. The van der Waals surface area contributed by atoms with Crippen LogP contribution in [0.1, 0.15) is 16.1 Å². The van der Waals surface area contributed by atoms with E-state index < -0.39 is 0 Å². The molecule has 0 atom stereocenters. The Labute approximate surface area is 179 Å². The second kappa shape index (κ2) is 9.03. The number of rotatable bonds is 6. The molecule has 6 heteroatoms. The van der Waals surface area contributed by atoms with Crippen molar-refractivity contribution in [2.24, 2.45) is 0 Å². The quantitative estimate of drug-likeness (QED) is 0.411. The first-order valence-corrected chi connectivity index (χ1v) is 10.5. The van der Waals surface area contributed by atoms with Crippen LogP contribution in [0.4, 0.5) is 5.69 Å². The van der Waals surface area contributed by atoms with Crippen LogP contribution in [-0.4, -0.2) is 17.2 Å². The fraction of sp³-hybridized carbons (Fsp3) is 0.130. The van der Waals surface area contributed by atoms with Crippen LogP contribution in [0.15, 0.2) is 72.8 Å². The molecular weight excluding hydrogens is 398 g/mol. The second-order valence-corrected chi connectivity index (χ2v) is 8.13. The molecule has 0 aliphatic heterocycles. The molecule has 29 heavy (non-hydrogen) atoms. The molecule has 0 fully saturated rings. The highest BCUT2D eigenvalue weighted by atomic mass is 32.1. The van der Waals surface area contributed by atoms with Crippen molar-refractivity contribution in [2.45, 2.75) is 13.0 Å². The highest BCUT2D eigenvalue weighted by Gasteiger charge is 2.05. The minimum atomic E-state index is 0.597. The first-order valence-electron chi connectivity index (χ1n) is 9.31. The summed E-state index contributed by atoms with van der Waals surface area (Å²) in [5, 5.41) is 8.18. The normalized spacial score (nSPS) is 10.7. The SMILES string of the molecule is COc1ccc(CNC(=S)Nc2ccc(Cc3nc4ccccc4s3)cc2)cc1. The molecule has 1 heterocycles. The summed E-state index contributed by atoms with van der Waals surface area (Å²) in [4.78, 5) is 4.71. The minimum Gasteiger partial charge on any atom is -0.497 e. The molecule has 0 aliphatic carbocycles. The van der Waals surface area contributed by atoms with E-state index in [4.69, 9.17) is 21.9 Å². The maximum atomic E-state index is 5.40.